The molecular weight excluding hydrogens is 533 g/mol. The zero-order valence-corrected chi connectivity index (χ0v) is 22.8. The first-order valence-electron chi connectivity index (χ1n) is 12.1. The van der Waals surface area contributed by atoms with Crippen molar-refractivity contribution in [2.75, 3.05) is 51.3 Å². The van der Waals surface area contributed by atoms with Crippen molar-refractivity contribution in [2.24, 2.45) is 0 Å². The van der Waals surface area contributed by atoms with Gasteiger partial charge in [0.15, 0.2) is 5.11 Å². The molecule has 0 aliphatic carbocycles. The van der Waals surface area contributed by atoms with E-state index in [9.17, 15) is 0 Å². The maximum absolute atomic E-state index is 6.55. The molecule has 0 amide bonds. The average molecular weight is 563 g/mol. The van der Waals surface area contributed by atoms with E-state index in [-0.39, 0.29) is 6.10 Å². The highest BCUT2D eigenvalue weighted by molar-refractivity contribution is 7.80. The summed E-state index contributed by atoms with van der Waals surface area (Å²) in [4.78, 5) is 8.68. The minimum Gasteiger partial charge on any atom is -0.491 e. The average Bonchev–Trinajstić information content (AvgIpc) is 3.58. The number of nitrogens with zero attached hydrogens (tertiary/aromatic N) is 4. The van der Waals surface area contributed by atoms with Crippen molar-refractivity contribution >= 4 is 46.2 Å². The summed E-state index contributed by atoms with van der Waals surface area (Å²) < 4.78 is 20.7. The second-order valence-electron chi connectivity index (χ2n) is 9.00. The van der Waals surface area contributed by atoms with Crippen LogP contribution in [0, 0.1) is 0 Å². The summed E-state index contributed by atoms with van der Waals surface area (Å²) in [7, 11) is 1.86. The summed E-state index contributed by atoms with van der Waals surface area (Å²) in [6.45, 7) is 4.74. The Morgan fingerprint density at radius 3 is 2.62 bits per heavy atom. The topological polar surface area (TPSA) is 64.0 Å². The molecule has 0 spiro atoms. The number of aromatic nitrogens is 2. The monoisotopic (exact) mass is 561 g/mol. The van der Waals surface area contributed by atoms with Gasteiger partial charge < -0.3 is 33.9 Å². The van der Waals surface area contributed by atoms with E-state index in [4.69, 9.17) is 49.6 Å². The molecule has 0 unspecified atom stereocenters. The quantitative estimate of drug-likeness (QED) is 0.431. The molecule has 1 N–H and O–H groups in total. The first-order valence-corrected chi connectivity index (χ1v) is 13.3. The van der Waals surface area contributed by atoms with Crippen LogP contribution in [0.5, 0.6) is 5.75 Å². The minimum atomic E-state index is -1.07. The van der Waals surface area contributed by atoms with Crippen molar-refractivity contribution in [3.05, 3.63) is 76.8 Å². The molecule has 37 heavy (non-hydrogen) atoms. The van der Waals surface area contributed by atoms with E-state index in [1.807, 2.05) is 36.0 Å². The van der Waals surface area contributed by atoms with Gasteiger partial charge in [-0.3, -0.25) is 0 Å². The van der Waals surface area contributed by atoms with Gasteiger partial charge in [-0.15, -0.1) is 0 Å². The van der Waals surface area contributed by atoms with Gasteiger partial charge in [0.25, 0.3) is 0 Å². The Hall–Kier alpha value is -2.56. The van der Waals surface area contributed by atoms with Gasteiger partial charge in [0.05, 0.1) is 24.5 Å². The van der Waals surface area contributed by atoms with Crippen LogP contribution in [0.2, 0.25) is 10.0 Å². The number of hydrogen-bond donors (Lipinski definition) is 1. The maximum atomic E-state index is 6.55. The number of rotatable bonds is 7. The van der Waals surface area contributed by atoms with Crippen LogP contribution < -0.4 is 15.0 Å². The molecule has 2 fully saturated rings. The third kappa shape index (κ3) is 5.97. The smallest absolute Gasteiger partial charge is 0.215 e. The zero-order chi connectivity index (χ0) is 25.8. The van der Waals surface area contributed by atoms with E-state index >= 15 is 0 Å². The van der Waals surface area contributed by atoms with Crippen LogP contribution in [0.25, 0.3) is 0 Å². The molecule has 2 aliphatic rings. The molecule has 8 nitrogen and oxygen atoms in total. The van der Waals surface area contributed by atoms with Gasteiger partial charge in [0.1, 0.15) is 18.5 Å². The molecule has 1 aromatic heterocycles. The summed E-state index contributed by atoms with van der Waals surface area (Å²) in [6, 6.07) is 13.5. The molecule has 0 radical (unpaired) electrons. The highest BCUT2D eigenvalue weighted by Gasteiger charge is 2.45. The Morgan fingerprint density at radius 1 is 1.16 bits per heavy atom. The number of benzene rings is 2. The molecule has 11 heteroatoms. The van der Waals surface area contributed by atoms with Crippen molar-refractivity contribution in [3.63, 3.8) is 0 Å². The normalized spacial score (nSPS) is 21.8. The maximum Gasteiger partial charge on any atom is 0.215 e. The van der Waals surface area contributed by atoms with Crippen LogP contribution in [-0.2, 0) is 21.8 Å². The predicted octanol–water partition coefficient (Wildman–Crippen LogP) is 4.16. The Balaban J connectivity index is 1.20. The Morgan fingerprint density at radius 2 is 1.95 bits per heavy atom. The molecule has 0 bridgehead atoms. The van der Waals surface area contributed by atoms with Crippen LogP contribution in [0.3, 0.4) is 0 Å². The lowest BCUT2D eigenvalue weighted by molar-refractivity contribution is -0.189. The third-order valence-corrected chi connectivity index (χ3v) is 7.58. The number of imidazole rings is 1. The lowest BCUT2D eigenvalue weighted by Crippen LogP contribution is -2.51. The van der Waals surface area contributed by atoms with Crippen molar-refractivity contribution in [1.29, 1.82) is 0 Å². The molecule has 3 aromatic rings. The van der Waals surface area contributed by atoms with E-state index in [1.54, 1.807) is 24.7 Å². The first kappa shape index (κ1) is 26.1. The van der Waals surface area contributed by atoms with E-state index in [0.29, 0.717) is 29.8 Å². The van der Waals surface area contributed by atoms with E-state index in [0.717, 1.165) is 42.6 Å². The number of ether oxygens (including phenoxy) is 3. The Kier molecular flexibility index (Phi) is 8.07. The van der Waals surface area contributed by atoms with Gasteiger partial charge in [-0.25, -0.2) is 4.98 Å². The highest BCUT2D eigenvalue weighted by Crippen LogP contribution is 2.40. The molecule has 5 rings (SSSR count). The molecule has 3 heterocycles. The lowest BCUT2D eigenvalue weighted by atomic mass is 10.1. The van der Waals surface area contributed by atoms with Crippen LogP contribution >= 0.6 is 35.4 Å². The molecule has 2 aromatic carbocycles. The third-order valence-electron chi connectivity index (χ3n) is 6.57. The largest absolute Gasteiger partial charge is 0.491 e. The molecule has 2 atom stereocenters. The number of piperazine rings is 1. The van der Waals surface area contributed by atoms with Crippen LogP contribution in [0.15, 0.2) is 61.2 Å². The predicted molar refractivity (Wildman–Crippen MR) is 149 cm³/mol. The van der Waals surface area contributed by atoms with E-state index in [2.05, 4.69) is 32.2 Å². The summed E-state index contributed by atoms with van der Waals surface area (Å²) in [6.07, 6.45) is 5.02. The van der Waals surface area contributed by atoms with Crippen molar-refractivity contribution < 1.29 is 14.2 Å². The van der Waals surface area contributed by atoms with E-state index < -0.39 is 5.79 Å². The standard InChI is InChI=1S/C26H29Cl2N5O3S/c1-29-25(37)33-12-10-32(11-13-33)20-3-5-21(6-4-20)34-15-22-16-35-26(36-22,17-31-9-8-30-18-31)23-7-2-19(27)14-24(23)28/h2-9,14,18,22H,10-13,15-17H2,1H3,(H,29,37)/t22-,26-/m1/s1. The molecule has 2 saturated heterocycles. The summed E-state index contributed by atoms with van der Waals surface area (Å²) >= 11 is 18.0. The van der Waals surface area contributed by atoms with Gasteiger partial charge in [-0.1, -0.05) is 29.3 Å². The molecule has 0 saturated carbocycles. The minimum absolute atomic E-state index is 0.279. The van der Waals surface area contributed by atoms with Gasteiger partial charge in [-0.05, 0) is 48.6 Å². The summed E-state index contributed by atoms with van der Waals surface area (Å²) in [5, 5.41) is 4.89. The van der Waals surface area contributed by atoms with Crippen molar-refractivity contribution in [1.82, 2.24) is 19.8 Å². The van der Waals surface area contributed by atoms with Crippen LogP contribution in [-0.4, -0.2) is 72.1 Å². The fourth-order valence-corrected chi connectivity index (χ4v) is 5.38. The summed E-state index contributed by atoms with van der Waals surface area (Å²) in [5.41, 5.74) is 1.88. The number of hydrogen-bond acceptors (Lipinski definition) is 6. The second-order valence-corrected chi connectivity index (χ2v) is 10.2. The lowest BCUT2D eigenvalue weighted by Gasteiger charge is -2.37. The molecule has 2 aliphatic heterocycles. The fourth-order valence-electron chi connectivity index (χ4n) is 4.64. The SMILES string of the molecule is CNC(=S)N1CCN(c2ccc(OC[C@@H]3CO[C@@](Cn4ccnc4)(c4ccc(Cl)cc4Cl)O3)cc2)CC1. The highest BCUT2D eigenvalue weighted by atomic mass is 35.5. The van der Waals surface area contributed by atoms with Gasteiger partial charge in [0, 0.05) is 61.9 Å². The fraction of sp³-hybridized carbons (Fsp3) is 0.385. The number of thiocarbonyl (C=S) groups is 1. The van der Waals surface area contributed by atoms with E-state index in [1.165, 1.54) is 5.69 Å². The second kappa shape index (κ2) is 11.4. The van der Waals surface area contributed by atoms with Gasteiger partial charge >= 0.3 is 0 Å². The molecule has 196 valence electrons. The molecular formula is C26H29Cl2N5O3S. The van der Waals surface area contributed by atoms with Crippen molar-refractivity contribution in [3.8, 4) is 5.75 Å². The van der Waals surface area contributed by atoms with Crippen molar-refractivity contribution in [2.45, 2.75) is 18.4 Å². The summed E-state index contributed by atoms with van der Waals surface area (Å²) in [5.74, 6) is -0.295. The van der Waals surface area contributed by atoms with Gasteiger partial charge in [0.2, 0.25) is 5.79 Å². The Bertz CT molecular complexity index is 1210. The zero-order valence-electron chi connectivity index (χ0n) is 20.5. The Labute approximate surface area is 232 Å². The van der Waals surface area contributed by atoms with Crippen LogP contribution in [0.4, 0.5) is 5.69 Å². The number of nitrogens with one attached hydrogen (secondary N) is 1. The number of anilines is 1. The van der Waals surface area contributed by atoms with Gasteiger partial charge in [-0.2, -0.15) is 0 Å². The number of halogens is 2. The first-order chi connectivity index (χ1) is 18.0. The van der Waals surface area contributed by atoms with Crippen LogP contribution in [0.1, 0.15) is 5.56 Å².